The number of carboxylic acids is 1. The van der Waals surface area contributed by atoms with Crippen LogP contribution in [0.15, 0.2) is 0 Å². The maximum absolute atomic E-state index is 10.8. The number of likely N-dealkylation sites (tertiary alicyclic amines) is 1. The summed E-state index contributed by atoms with van der Waals surface area (Å²) in [5.74, 6) is -0.357. The molecular formula is C10H18N2O3. The highest BCUT2D eigenvalue weighted by Gasteiger charge is 2.33. The molecule has 1 heterocycles. The van der Waals surface area contributed by atoms with Gasteiger partial charge in [0.2, 0.25) is 0 Å². The van der Waals surface area contributed by atoms with Crippen LogP contribution in [0.4, 0.5) is 4.79 Å². The second kappa shape index (κ2) is 4.08. The van der Waals surface area contributed by atoms with E-state index in [1.807, 2.05) is 0 Å². The van der Waals surface area contributed by atoms with Crippen LogP contribution < -0.4 is 5.73 Å². The molecule has 2 amide bonds. The van der Waals surface area contributed by atoms with Crippen LogP contribution in [0.25, 0.3) is 0 Å². The molecule has 1 rings (SSSR count). The van der Waals surface area contributed by atoms with Crippen molar-refractivity contribution in [3.63, 3.8) is 0 Å². The van der Waals surface area contributed by atoms with Gasteiger partial charge in [-0.2, -0.15) is 0 Å². The quantitative estimate of drug-likeness (QED) is 0.728. The fourth-order valence-electron chi connectivity index (χ4n) is 1.60. The van der Waals surface area contributed by atoms with Crippen LogP contribution in [0.5, 0.6) is 0 Å². The molecular weight excluding hydrogens is 196 g/mol. The highest BCUT2D eigenvalue weighted by molar-refractivity contribution is 5.73. The van der Waals surface area contributed by atoms with Gasteiger partial charge in [0, 0.05) is 13.1 Å². The summed E-state index contributed by atoms with van der Waals surface area (Å²) < 4.78 is 0. The van der Waals surface area contributed by atoms with E-state index in [1.165, 1.54) is 0 Å². The van der Waals surface area contributed by atoms with E-state index < -0.39 is 11.4 Å². The summed E-state index contributed by atoms with van der Waals surface area (Å²) >= 11 is 0. The van der Waals surface area contributed by atoms with E-state index in [0.717, 1.165) is 6.42 Å². The lowest BCUT2D eigenvalue weighted by molar-refractivity contribution is -0.147. The number of amides is 2. The van der Waals surface area contributed by atoms with E-state index in [9.17, 15) is 9.59 Å². The first kappa shape index (κ1) is 11.8. The summed E-state index contributed by atoms with van der Waals surface area (Å²) in [6.07, 6.45) is 1.47. The Labute approximate surface area is 89.2 Å². The van der Waals surface area contributed by atoms with Crippen molar-refractivity contribution in [2.24, 2.45) is 17.1 Å². The molecule has 0 saturated carbocycles. The number of nitrogens with zero attached hydrogens (tertiary/aromatic N) is 1. The molecule has 0 atom stereocenters. The third-order valence-corrected chi connectivity index (χ3v) is 3.03. The maximum Gasteiger partial charge on any atom is 0.314 e. The highest BCUT2D eigenvalue weighted by atomic mass is 16.4. The molecule has 1 saturated heterocycles. The van der Waals surface area contributed by atoms with Gasteiger partial charge in [-0.3, -0.25) is 4.79 Å². The van der Waals surface area contributed by atoms with Crippen LogP contribution in [-0.2, 0) is 4.79 Å². The largest absolute Gasteiger partial charge is 0.481 e. The Hall–Kier alpha value is -1.26. The Balaban J connectivity index is 2.24. The summed E-state index contributed by atoms with van der Waals surface area (Å²) in [5, 5.41) is 8.90. The topological polar surface area (TPSA) is 83.6 Å². The average Bonchev–Trinajstić information content (AvgIpc) is 1.99. The minimum atomic E-state index is -0.770. The van der Waals surface area contributed by atoms with Gasteiger partial charge in [0.25, 0.3) is 0 Å². The molecule has 5 nitrogen and oxygen atoms in total. The molecule has 0 bridgehead atoms. The first-order valence-corrected chi connectivity index (χ1v) is 5.10. The van der Waals surface area contributed by atoms with Gasteiger partial charge in [0.05, 0.1) is 5.41 Å². The zero-order valence-corrected chi connectivity index (χ0v) is 9.19. The zero-order chi connectivity index (χ0) is 11.6. The molecule has 86 valence electrons. The van der Waals surface area contributed by atoms with Gasteiger partial charge >= 0.3 is 12.0 Å². The van der Waals surface area contributed by atoms with Crippen molar-refractivity contribution in [2.75, 3.05) is 13.1 Å². The minimum absolute atomic E-state index is 0.385. The van der Waals surface area contributed by atoms with E-state index in [-0.39, 0.29) is 6.03 Å². The van der Waals surface area contributed by atoms with E-state index >= 15 is 0 Å². The van der Waals surface area contributed by atoms with Crippen LogP contribution in [0.1, 0.15) is 26.7 Å². The third-order valence-electron chi connectivity index (χ3n) is 3.03. The second-order valence-corrected chi connectivity index (χ2v) is 4.84. The number of rotatable bonds is 4. The van der Waals surface area contributed by atoms with E-state index in [0.29, 0.717) is 25.4 Å². The number of carbonyl (C=O) groups is 2. The molecule has 1 aliphatic heterocycles. The summed E-state index contributed by atoms with van der Waals surface area (Å²) in [5.41, 5.74) is 4.41. The second-order valence-electron chi connectivity index (χ2n) is 4.84. The van der Waals surface area contributed by atoms with Crippen LogP contribution in [0.3, 0.4) is 0 Å². The molecule has 0 aliphatic carbocycles. The van der Waals surface area contributed by atoms with Gasteiger partial charge in [-0.15, -0.1) is 0 Å². The van der Waals surface area contributed by atoms with Crippen molar-refractivity contribution < 1.29 is 14.7 Å². The molecule has 15 heavy (non-hydrogen) atoms. The molecule has 0 aromatic heterocycles. The molecule has 0 spiro atoms. The molecule has 0 radical (unpaired) electrons. The average molecular weight is 214 g/mol. The number of aliphatic carboxylic acids is 1. The van der Waals surface area contributed by atoms with Gasteiger partial charge in [-0.05, 0) is 32.6 Å². The Morgan fingerprint density at radius 1 is 1.47 bits per heavy atom. The van der Waals surface area contributed by atoms with Crippen molar-refractivity contribution in [1.82, 2.24) is 4.90 Å². The number of hydrogen-bond donors (Lipinski definition) is 2. The third kappa shape index (κ3) is 2.84. The molecule has 1 fully saturated rings. The number of hydrogen-bond acceptors (Lipinski definition) is 2. The summed E-state index contributed by atoms with van der Waals surface area (Å²) in [6.45, 7) is 4.79. The highest BCUT2D eigenvalue weighted by Crippen LogP contribution is 2.28. The minimum Gasteiger partial charge on any atom is -0.481 e. The van der Waals surface area contributed by atoms with Gasteiger partial charge in [-0.1, -0.05) is 0 Å². The lowest BCUT2D eigenvalue weighted by Gasteiger charge is -2.39. The Morgan fingerprint density at radius 2 is 2.00 bits per heavy atom. The first-order valence-electron chi connectivity index (χ1n) is 5.10. The van der Waals surface area contributed by atoms with Crippen LogP contribution in [0.2, 0.25) is 0 Å². The van der Waals surface area contributed by atoms with Crippen LogP contribution in [0, 0.1) is 11.3 Å². The lowest BCUT2D eigenvalue weighted by atomic mass is 9.83. The smallest absolute Gasteiger partial charge is 0.314 e. The molecule has 0 aromatic rings. The maximum atomic E-state index is 10.8. The van der Waals surface area contributed by atoms with Gasteiger partial charge in [0.1, 0.15) is 0 Å². The van der Waals surface area contributed by atoms with Crippen molar-refractivity contribution in [1.29, 1.82) is 0 Å². The molecule has 5 heteroatoms. The number of urea groups is 1. The molecule has 0 aromatic carbocycles. The monoisotopic (exact) mass is 214 g/mol. The number of carboxylic acid groups (broad SMARTS) is 1. The lowest BCUT2D eigenvalue weighted by Crippen LogP contribution is -2.52. The summed E-state index contributed by atoms with van der Waals surface area (Å²) in [4.78, 5) is 23.1. The number of carbonyl (C=O) groups excluding carboxylic acids is 1. The normalized spacial score (nSPS) is 17.3. The van der Waals surface area contributed by atoms with Crippen molar-refractivity contribution >= 4 is 12.0 Å². The fraction of sp³-hybridized carbons (Fsp3) is 0.800. The van der Waals surface area contributed by atoms with Gasteiger partial charge < -0.3 is 15.7 Å². The Bertz CT molecular complexity index is 270. The first-order chi connectivity index (χ1) is 6.83. The molecule has 0 unspecified atom stereocenters. The number of primary amides is 1. The fourth-order valence-corrected chi connectivity index (χ4v) is 1.60. The number of nitrogens with two attached hydrogens (primary N) is 1. The standard InChI is InChI=1S/C10H18N2O3/c1-10(2,8(13)14)4-3-7-5-12(6-7)9(11)15/h7H,3-6H2,1-2H3,(H2,11,15)(H,13,14). The van der Waals surface area contributed by atoms with Crippen LogP contribution >= 0.6 is 0 Å². The Morgan fingerprint density at radius 3 is 2.40 bits per heavy atom. The van der Waals surface area contributed by atoms with Crippen molar-refractivity contribution in [2.45, 2.75) is 26.7 Å². The predicted molar refractivity (Wildman–Crippen MR) is 55.3 cm³/mol. The van der Waals surface area contributed by atoms with Crippen molar-refractivity contribution in [3.8, 4) is 0 Å². The van der Waals surface area contributed by atoms with Crippen LogP contribution in [-0.4, -0.2) is 35.1 Å². The van der Waals surface area contributed by atoms with E-state index in [1.54, 1.807) is 18.7 Å². The summed E-state index contributed by atoms with van der Waals surface area (Å²) in [7, 11) is 0. The molecule has 3 N–H and O–H groups in total. The molecule has 1 aliphatic rings. The predicted octanol–water partition coefficient (Wildman–Crippen LogP) is 0.888. The van der Waals surface area contributed by atoms with Crippen molar-refractivity contribution in [3.05, 3.63) is 0 Å². The van der Waals surface area contributed by atoms with Gasteiger partial charge in [-0.25, -0.2) is 4.79 Å². The zero-order valence-electron chi connectivity index (χ0n) is 9.19. The van der Waals surface area contributed by atoms with E-state index in [2.05, 4.69) is 0 Å². The van der Waals surface area contributed by atoms with E-state index in [4.69, 9.17) is 10.8 Å². The SMILES string of the molecule is CC(C)(CCC1CN(C(N)=O)C1)C(=O)O. The van der Waals surface area contributed by atoms with Gasteiger partial charge in [0.15, 0.2) is 0 Å². The Kier molecular flexibility index (Phi) is 3.21. The summed E-state index contributed by atoms with van der Waals surface area (Å²) in [6, 6.07) is -0.385.